The van der Waals surface area contributed by atoms with Crippen LogP contribution >= 0.6 is 0 Å². The van der Waals surface area contributed by atoms with Gasteiger partial charge in [0, 0.05) is 19.1 Å². The Balaban J connectivity index is 1.50. The van der Waals surface area contributed by atoms with Gasteiger partial charge in [0.15, 0.2) is 0 Å². The van der Waals surface area contributed by atoms with Crippen LogP contribution in [0.4, 0.5) is 0 Å². The molecular formula is C23H26N2O. The summed E-state index contributed by atoms with van der Waals surface area (Å²) in [7, 11) is 0. The maximum Gasteiger partial charge on any atom is 0.0818 e. The van der Waals surface area contributed by atoms with Crippen molar-refractivity contribution in [2.45, 2.75) is 25.1 Å². The number of hydrogen-bond donors (Lipinski definition) is 3. The molecule has 26 heavy (non-hydrogen) atoms. The van der Waals surface area contributed by atoms with Crippen molar-refractivity contribution in [1.29, 1.82) is 0 Å². The predicted octanol–water partition coefficient (Wildman–Crippen LogP) is 3.37. The highest BCUT2D eigenvalue weighted by Crippen LogP contribution is 2.19. The molecule has 3 aromatic rings. The van der Waals surface area contributed by atoms with Crippen LogP contribution in [-0.4, -0.2) is 23.8 Å². The van der Waals surface area contributed by atoms with E-state index in [9.17, 15) is 5.11 Å². The average molecular weight is 346 g/mol. The molecule has 0 fully saturated rings. The quantitative estimate of drug-likeness (QED) is 0.586. The Kier molecular flexibility index (Phi) is 6.56. The summed E-state index contributed by atoms with van der Waals surface area (Å²) in [6.07, 6.45) is 0.0974. The Hall–Kier alpha value is -2.46. The maximum absolute atomic E-state index is 10.3. The molecule has 0 aromatic heterocycles. The van der Waals surface area contributed by atoms with E-state index in [1.165, 1.54) is 16.7 Å². The van der Waals surface area contributed by atoms with Crippen molar-refractivity contribution in [1.82, 2.24) is 5.32 Å². The van der Waals surface area contributed by atoms with Crippen LogP contribution in [-0.2, 0) is 13.0 Å². The van der Waals surface area contributed by atoms with Gasteiger partial charge in [0.1, 0.15) is 0 Å². The van der Waals surface area contributed by atoms with E-state index < -0.39 is 6.10 Å². The number of rotatable bonds is 8. The summed E-state index contributed by atoms with van der Waals surface area (Å²) < 4.78 is 0. The maximum atomic E-state index is 10.3. The van der Waals surface area contributed by atoms with Gasteiger partial charge in [-0.1, -0.05) is 78.9 Å². The molecule has 3 nitrogen and oxygen atoms in total. The lowest BCUT2D eigenvalue weighted by Gasteiger charge is -2.19. The molecule has 0 saturated carbocycles. The number of nitrogens with two attached hydrogens (primary N) is 1. The molecule has 134 valence electrons. The summed E-state index contributed by atoms with van der Waals surface area (Å²) in [5.74, 6) is 0. The largest absolute Gasteiger partial charge is 0.390 e. The van der Waals surface area contributed by atoms with Crippen LogP contribution in [0.2, 0.25) is 0 Å². The van der Waals surface area contributed by atoms with Gasteiger partial charge >= 0.3 is 0 Å². The minimum atomic E-state index is -0.576. The topological polar surface area (TPSA) is 58.3 Å². The average Bonchev–Trinajstić information content (AvgIpc) is 2.69. The molecule has 3 rings (SSSR count). The van der Waals surface area contributed by atoms with E-state index >= 15 is 0 Å². The molecule has 0 amide bonds. The van der Waals surface area contributed by atoms with Gasteiger partial charge in [-0.25, -0.2) is 0 Å². The molecule has 0 aliphatic rings. The van der Waals surface area contributed by atoms with Crippen LogP contribution in [0.1, 0.15) is 11.1 Å². The Morgan fingerprint density at radius 2 is 1.38 bits per heavy atom. The third-order valence-corrected chi connectivity index (χ3v) is 4.53. The summed E-state index contributed by atoms with van der Waals surface area (Å²) in [4.78, 5) is 0. The highest BCUT2D eigenvalue weighted by atomic mass is 16.3. The highest BCUT2D eigenvalue weighted by molar-refractivity contribution is 5.63. The van der Waals surface area contributed by atoms with Crippen LogP contribution in [0.25, 0.3) is 11.1 Å². The van der Waals surface area contributed by atoms with E-state index in [1.807, 2.05) is 48.5 Å². The van der Waals surface area contributed by atoms with Crippen LogP contribution in [0.15, 0.2) is 84.9 Å². The summed E-state index contributed by atoms with van der Waals surface area (Å²) in [6, 6.07) is 28.6. The zero-order valence-electron chi connectivity index (χ0n) is 14.9. The Morgan fingerprint density at radius 3 is 2.12 bits per heavy atom. The number of hydrogen-bond acceptors (Lipinski definition) is 3. The second-order valence-corrected chi connectivity index (χ2v) is 6.62. The van der Waals surface area contributed by atoms with Gasteiger partial charge < -0.3 is 16.2 Å². The zero-order chi connectivity index (χ0) is 18.2. The minimum Gasteiger partial charge on any atom is -0.390 e. The first-order valence-corrected chi connectivity index (χ1v) is 9.05. The molecule has 3 aromatic carbocycles. The van der Waals surface area contributed by atoms with E-state index in [0.717, 1.165) is 5.56 Å². The summed E-state index contributed by atoms with van der Waals surface area (Å²) in [6.45, 7) is 1.18. The van der Waals surface area contributed by atoms with Gasteiger partial charge in [-0.05, 0) is 34.7 Å². The lowest BCUT2D eigenvalue weighted by molar-refractivity contribution is 0.141. The normalized spacial score (nSPS) is 13.3. The van der Waals surface area contributed by atoms with E-state index in [-0.39, 0.29) is 6.04 Å². The van der Waals surface area contributed by atoms with Crippen LogP contribution < -0.4 is 11.1 Å². The lowest BCUT2D eigenvalue weighted by atomic mass is 10.0. The monoisotopic (exact) mass is 346 g/mol. The van der Waals surface area contributed by atoms with E-state index in [1.54, 1.807) is 0 Å². The molecule has 0 spiro atoms. The third kappa shape index (κ3) is 5.27. The number of aliphatic hydroxyl groups excluding tert-OH is 1. The number of nitrogens with one attached hydrogen (secondary N) is 1. The minimum absolute atomic E-state index is 0.277. The molecule has 0 radical (unpaired) electrons. The summed E-state index contributed by atoms with van der Waals surface area (Å²) in [5, 5.41) is 13.6. The SMILES string of the molecule is N[C@@H](Cc1ccccc1)[C@@H](O)CNCc1cccc(-c2ccccc2)c1. The first kappa shape index (κ1) is 18.3. The fourth-order valence-electron chi connectivity index (χ4n) is 3.03. The molecule has 0 bridgehead atoms. The summed E-state index contributed by atoms with van der Waals surface area (Å²) >= 11 is 0. The second-order valence-electron chi connectivity index (χ2n) is 6.62. The van der Waals surface area contributed by atoms with E-state index in [4.69, 9.17) is 5.73 Å². The Bertz CT molecular complexity index is 790. The number of aliphatic hydroxyl groups is 1. The first-order valence-electron chi connectivity index (χ1n) is 9.05. The second kappa shape index (κ2) is 9.30. The van der Waals surface area contributed by atoms with Crippen LogP contribution in [0, 0.1) is 0 Å². The van der Waals surface area contributed by atoms with Gasteiger partial charge in [0.2, 0.25) is 0 Å². The molecule has 0 unspecified atom stereocenters. The van der Waals surface area contributed by atoms with Gasteiger partial charge in [0.25, 0.3) is 0 Å². The van der Waals surface area contributed by atoms with E-state index in [2.05, 4.69) is 41.7 Å². The molecule has 0 aliphatic heterocycles. The molecule has 0 aliphatic carbocycles. The van der Waals surface area contributed by atoms with Crippen molar-refractivity contribution in [2.24, 2.45) is 5.73 Å². The van der Waals surface area contributed by atoms with Gasteiger partial charge in [-0.15, -0.1) is 0 Å². The Labute approximate surface area is 155 Å². The van der Waals surface area contributed by atoms with Gasteiger partial charge in [0.05, 0.1) is 6.10 Å². The van der Waals surface area contributed by atoms with Crippen LogP contribution in [0.3, 0.4) is 0 Å². The van der Waals surface area contributed by atoms with Crippen molar-refractivity contribution in [3.63, 3.8) is 0 Å². The van der Waals surface area contributed by atoms with Crippen molar-refractivity contribution >= 4 is 0 Å². The molecule has 4 N–H and O–H groups in total. The number of benzene rings is 3. The fraction of sp³-hybridized carbons (Fsp3) is 0.217. The van der Waals surface area contributed by atoms with Crippen molar-refractivity contribution in [3.8, 4) is 11.1 Å². The molecule has 2 atom stereocenters. The third-order valence-electron chi connectivity index (χ3n) is 4.53. The smallest absolute Gasteiger partial charge is 0.0818 e. The molecule has 0 saturated heterocycles. The van der Waals surface area contributed by atoms with Crippen LogP contribution in [0.5, 0.6) is 0 Å². The first-order chi connectivity index (χ1) is 12.7. The van der Waals surface area contributed by atoms with E-state index in [0.29, 0.717) is 19.5 Å². The molecule has 3 heteroatoms. The van der Waals surface area contributed by atoms with Gasteiger partial charge in [-0.3, -0.25) is 0 Å². The highest BCUT2D eigenvalue weighted by Gasteiger charge is 2.14. The predicted molar refractivity (Wildman–Crippen MR) is 108 cm³/mol. The standard InChI is InChI=1S/C23H26N2O/c24-22(15-18-8-3-1-4-9-18)23(26)17-25-16-19-10-7-13-21(14-19)20-11-5-2-6-12-20/h1-14,22-23,25-26H,15-17,24H2/t22-,23-/m0/s1. The van der Waals surface area contributed by atoms with Gasteiger partial charge in [-0.2, -0.15) is 0 Å². The lowest BCUT2D eigenvalue weighted by Crippen LogP contribution is -2.42. The fourth-order valence-corrected chi connectivity index (χ4v) is 3.03. The van der Waals surface area contributed by atoms with Crippen molar-refractivity contribution in [2.75, 3.05) is 6.54 Å². The Morgan fingerprint density at radius 1 is 0.769 bits per heavy atom. The van der Waals surface area contributed by atoms with Crippen molar-refractivity contribution in [3.05, 3.63) is 96.1 Å². The van der Waals surface area contributed by atoms with Crippen molar-refractivity contribution < 1.29 is 5.11 Å². The zero-order valence-corrected chi connectivity index (χ0v) is 14.9. The molecule has 0 heterocycles. The molecular weight excluding hydrogens is 320 g/mol. The summed E-state index contributed by atoms with van der Waals surface area (Å²) in [5.41, 5.74) is 10.9.